The van der Waals surface area contributed by atoms with Gasteiger partial charge >= 0.3 is 6.03 Å². The van der Waals surface area contributed by atoms with Crippen molar-refractivity contribution < 1.29 is 4.79 Å². The zero-order valence-electron chi connectivity index (χ0n) is 13.2. The van der Waals surface area contributed by atoms with Crippen molar-refractivity contribution in [3.8, 4) is 0 Å². The highest BCUT2D eigenvalue weighted by Gasteiger charge is 2.22. The molecular weight excluding hydrogens is 312 g/mol. The fourth-order valence-electron chi connectivity index (χ4n) is 3.08. The second-order valence-corrected chi connectivity index (χ2v) is 6.18. The Balaban J connectivity index is 1.62. The third-order valence-corrected chi connectivity index (χ3v) is 4.51. The number of rotatable bonds is 4. The summed E-state index contributed by atoms with van der Waals surface area (Å²) in [5, 5.41) is 6.65. The van der Waals surface area contributed by atoms with Crippen molar-refractivity contribution in [3.63, 3.8) is 0 Å². The highest BCUT2D eigenvalue weighted by Crippen LogP contribution is 2.31. The first-order chi connectivity index (χ1) is 11.2. The second kappa shape index (κ2) is 7.04. The van der Waals surface area contributed by atoms with Crippen LogP contribution < -0.4 is 10.6 Å². The zero-order valence-corrected chi connectivity index (χ0v) is 13.9. The molecule has 2 amide bonds. The third kappa shape index (κ3) is 3.67. The normalized spacial score (nSPS) is 16.7. The number of carbonyl (C=O) groups is 1. The van der Waals surface area contributed by atoms with Crippen molar-refractivity contribution in [1.82, 2.24) is 20.2 Å². The molecule has 1 atom stereocenters. The van der Waals surface area contributed by atoms with Crippen LogP contribution in [0.2, 0.25) is 5.02 Å². The molecule has 2 aromatic rings. The number of fused-ring (bicyclic) bond motifs is 1. The summed E-state index contributed by atoms with van der Waals surface area (Å²) < 4.78 is 2.01. The van der Waals surface area contributed by atoms with Crippen LogP contribution in [0.15, 0.2) is 30.6 Å². The Labute approximate surface area is 141 Å². The lowest BCUT2D eigenvalue weighted by Crippen LogP contribution is -2.39. The van der Waals surface area contributed by atoms with Gasteiger partial charge in [0.05, 0.1) is 12.6 Å². The molecule has 6 heteroatoms. The Hall–Kier alpha value is -2.01. The number of hydrogen-bond donors (Lipinski definition) is 2. The first-order valence-corrected chi connectivity index (χ1v) is 8.38. The summed E-state index contributed by atoms with van der Waals surface area (Å²) in [6.07, 6.45) is 6.70. The summed E-state index contributed by atoms with van der Waals surface area (Å²) in [5.41, 5.74) is 2.40. The first kappa shape index (κ1) is 15.9. The van der Waals surface area contributed by atoms with Gasteiger partial charge in [-0.2, -0.15) is 0 Å². The monoisotopic (exact) mass is 332 g/mol. The maximum Gasteiger partial charge on any atom is 0.315 e. The largest absolute Gasteiger partial charge is 0.334 e. The van der Waals surface area contributed by atoms with Crippen LogP contribution in [-0.2, 0) is 19.5 Å². The van der Waals surface area contributed by atoms with E-state index in [9.17, 15) is 4.79 Å². The van der Waals surface area contributed by atoms with Crippen molar-refractivity contribution in [1.29, 1.82) is 0 Å². The number of hydrogen-bond acceptors (Lipinski definition) is 2. The number of halogens is 1. The number of imidazole rings is 1. The number of nitrogens with zero attached hydrogens (tertiary/aromatic N) is 2. The summed E-state index contributed by atoms with van der Waals surface area (Å²) in [5.74, 6) is 0.856. The number of carbonyl (C=O) groups excluding carboxylic acids is 1. The van der Waals surface area contributed by atoms with Crippen LogP contribution >= 0.6 is 11.6 Å². The molecule has 0 saturated heterocycles. The summed E-state index contributed by atoms with van der Waals surface area (Å²) in [7, 11) is 0. The molecule has 0 bridgehead atoms. The van der Waals surface area contributed by atoms with E-state index >= 15 is 0 Å². The van der Waals surface area contributed by atoms with Crippen molar-refractivity contribution in [2.45, 2.75) is 45.3 Å². The molecule has 0 saturated carbocycles. The lowest BCUT2D eigenvalue weighted by atomic mass is 9.88. The third-order valence-electron chi connectivity index (χ3n) is 4.28. The van der Waals surface area contributed by atoms with Gasteiger partial charge < -0.3 is 15.2 Å². The number of aryl methyl sites for hydroxylation is 2. The van der Waals surface area contributed by atoms with Crippen molar-refractivity contribution in [2.24, 2.45) is 0 Å². The first-order valence-electron chi connectivity index (χ1n) is 8.00. The number of aromatic nitrogens is 2. The van der Waals surface area contributed by atoms with Crippen LogP contribution in [0.5, 0.6) is 0 Å². The Kier molecular flexibility index (Phi) is 4.86. The standard InChI is InChI=1S/C17H21ClN4O/c1-2-22-9-8-19-16(22)11-20-17(23)21-15-5-3-4-12-6-7-13(18)10-14(12)15/h6-10,15H,2-5,11H2,1H3,(H2,20,21,23)/t15-/m1/s1. The van der Waals surface area contributed by atoms with Crippen LogP contribution in [-0.4, -0.2) is 15.6 Å². The van der Waals surface area contributed by atoms with Gasteiger partial charge in [-0.25, -0.2) is 9.78 Å². The van der Waals surface area contributed by atoms with Gasteiger partial charge in [0.1, 0.15) is 5.82 Å². The summed E-state index contributed by atoms with van der Waals surface area (Å²) >= 11 is 6.10. The molecule has 0 spiro atoms. The highest BCUT2D eigenvalue weighted by molar-refractivity contribution is 6.30. The maximum absolute atomic E-state index is 12.2. The lowest BCUT2D eigenvalue weighted by molar-refractivity contribution is 0.234. The van der Waals surface area contributed by atoms with Gasteiger partial charge in [0.2, 0.25) is 0 Å². The van der Waals surface area contributed by atoms with Gasteiger partial charge in [0.15, 0.2) is 0 Å². The van der Waals surface area contributed by atoms with Gasteiger partial charge in [-0.15, -0.1) is 0 Å². The number of amides is 2. The Morgan fingerprint density at radius 2 is 2.35 bits per heavy atom. The van der Waals surface area contributed by atoms with E-state index in [4.69, 9.17) is 11.6 Å². The zero-order chi connectivity index (χ0) is 16.2. The smallest absolute Gasteiger partial charge is 0.315 e. The van der Waals surface area contributed by atoms with E-state index in [1.807, 2.05) is 29.8 Å². The van der Waals surface area contributed by atoms with Crippen LogP contribution in [0, 0.1) is 0 Å². The fourth-order valence-corrected chi connectivity index (χ4v) is 3.26. The summed E-state index contributed by atoms with van der Waals surface area (Å²) in [6, 6.07) is 5.77. The Morgan fingerprint density at radius 3 is 3.17 bits per heavy atom. The molecule has 0 aliphatic heterocycles. The summed E-state index contributed by atoms with van der Waals surface area (Å²) in [4.78, 5) is 16.5. The molecule has 5 nitrogen and oxygen atoms in total. The second-order valence-electron chi connectivity index (χ2n) is 5.74. The highest BCUT2D eigenvalue weighted by atomic mass is 35.5. The van der Waals surface area contributed by atoms with Crippen LogP contribution in [0.3, 0.4) is 0 Å². The average molecular weight is 333 g/mol. The van der Waals surface area contributed by atoms with E-state index in [1.165, 1.54) is 5.56 Å². The van der Waals surface area contributed by atoms with Crippen LogP contribution in [0.1, 0.15) is 42.8 Å². The SMILES string of the molecule is CCn1ccnc1CNC(=O)N[C@@H]1CCCc2ccc(Cl)cc21. The van der Waals surface area contributed by atoms with Gasteiger partial charge in [-0.3, -0.25) is 0 Å². The molecular formula is C17H21ClN4O. The molecule has 1 heterocycles. The quantitative estimate of drug-likeness (QED) is 0.901. The minimum atomic E-state index is -0.173. The molecule has 1 aliphatic rings. The van der Waals surface area contributed by atoms with Gasteiger partial charge in [-0.1, -0.05) is 17.7 Å². The minimum Gasteiger partial charge on any atom is -0.334 e. The molecule has 3 rings (SSSR count). The van der Waals surface area contributed by atoms with Crippen molar-refractivity contribution in [3.05, 3.63) is 52.6 Å². The molecule has 1 aliphatic carbocycles. The maximum atomic E-state index is 12.2. The minimum absolute atomic E-state index is 0.0170. The average Bonchev–Trinajstić information content (AvgIpc) is 3.01. The molecule has 0 fully saturated rings. The molecule has 23 heavy (non-hydrogen) atoms. The molecule has 1 aromatic heterocycles. The van der Waals surface area contributed by atoms with E-state index in [0.29, 0.717) is 11.6 Å². The molecule has 0 unspecified atom stereocenters. The predicted molar refractivity (Wildman–Crippen MR) is 90.4 cm³/mol. The van der Waals surface area contributed by atoms with E-state index in [1.54, 1.807) is 6.20 Å². The predicted octanol–water partition coefficient (Wildman–Crippen LogP) is 3.43. The number of nitrogens with one attached hydrogen (secondary N) is 2. The van der Waals surface area contributed by atoms with E-state index in [0.717, 1.165) is 37.2 Å². The summed E-state index contributed by atoms with van der Waals surface area (Å²) in [6.45, 7) is 3.31. The van der Waals surface area contributed by atoms with E-state index in [2.05, 4.69) is 21.7 Å². The topological polar surface area (TPSA) is 59.0 Å². The van der Waals surface area contributed by atoms with Gasteiger partial charge in [0, 0.05) is 24.0 Å². The van der Waals surface area contributed by atoms with Crippen LogP contribution in [0.4, 0.5) is 4.79 Å². The van der Waals surface area contributed by atoms with Crippen molar-refractivity contribution >= 4 is 17.6 Å². The fraction of sp³-hybridized carbons (Fsp3) is 0.412. The molecule has 0 radical (unpaired) electrons. The number of benzene rings is 1. The van der Waals surface area contributed by atoms with Crippen molar-refractivity contribution in [2.75, 3.05) is 0 Å². The van der Waals surface area contributed by atoms with Gasteiger partial charge in [0.25, 0.3) is 0 Å². The molecule has 122 valence electrons. The Bertz CT molecular complexity index is 698. The van der Waals surface area contributed by atoms with Gasteiger partial charge in [-0.05, 0) is 49.4 Å². The van der Waals surface area contributed by atoms with Crippen LogP contribution in [0.25, 0.3) is 0 Å². The Morgan fingerprint density at radius 1 is 1.48 bits per heavy atom. The molecule has 1 aromatic carbocycles. The lowest BCUT2D eigenvalue weighted by Gasteiger charge is -2.26. The number of urea groups is 1. The van der Waals surface area contributed by atoms with E-state index < -0.39 is 0 Å². The molecule has 2 N–H and O–H groups in total. The van der Waals surface area contributed by atoms with E-state index in [-0.39, 0.29) is 12.1 Å².